The van der Waals surface area contributed by atoms with E-state index in [1.807, 2.05) is 13.0 Å². The van der Waals surface area contributed by atoms with E-state index in [9.17, 15) is 0 Å². The Labute approximate surface area is 109 Å². The number of rotatable bonds is 2. The van der Waals surface area contributed by atoms with Gasteiger partial charge in [-0.1, -0.05) is 23.8 Å². The van der Waals surface area contributed by atoms with Crippen LogP contribution < -0.4 is 10.6 Å². The number of anilines is 3. The SMILES string of the molecule is Cc1ccc(N(C)c2ccc(C)c(N)c2)c(C)c1. The third kappa shape index (κ3) is 2.33. The molecule has 2 heteroatoms. The molecule has 0 bridgehead atoms. The lowest BCUT2D eigenvalue weighted by Crippen LogP contribution is -2.11. The minimum atomic E-state index is 0.837. The average Bonchev–Trinajstić information content (AvgIpc) is 2.32. The zero-order valence-electron chi connectivity index (χ0n) is 11.5. The molecule has 2 N–H and O–H groups in total. The maximum atomic E-state index is 5.97. The second-order valence-electron chi connectivity index (χ2n) is 4.89. The highest BCUT2D eigenvalue weighted by atomic mass is 15.1. The van der Waals surface area contributed by atoms with Crippen LogP contribution in [-0.4, -0.2) is 7.05 Å². The van der Waals surface area contributed by atoms with Gasteiger partial charge in [-0.05, 0) is 50.1 Å². The van der Waals surface area contributed by atoms with Crippen LogP contribution in [0.25, 0.3) is 0 Å². The minimum Gasteiger partial charge on any atom is -0.398 e. The molecular weight excluding hydrogens is 220 g/mol. The lowest BCUT2D eigenvalue weighted by molar-refractivity contribution is 1.18. The first kappa shape index (κ1) is 12.5. The average molecular weight is 240 g/mol. The number of nitrogens with two attached hydrogens (primary N) is 1. The van der Waals surface area contributed by atoms with E-state index in [4.69, 9.17) is 5.73 Å². The molecule has 0 aliphatic carbocycles. The van der Waals surface area contributed by atoms with Gasteiger partial charge in [0.15, 0.2) is 0 Å². The molecule has 18 heavy (non-hydrogen) atoms. The first-order valence-electron chi connectivity index (χ1n) is 6.16. The van der Waals surface area contributed by atoms with E-state index in [1.54, 1.807) is 0 Å². The molecule has 0 amide bonds. The molecule has 2 nitrogen and oxygen atoms in total. The third-order valence-electron chi connectivity index (χ3n) is 3.36. The van der Waals surface area contributed by atoms with Gasteiger partial charge in [-0.25, -0.2) is 0 Å². The molecule has 2 aromatic carbocycles. The summed E-state index contributed by atoms with van der Waals surface area (Å²) in [5.74, 6) is 0. The van der Waals surface area contributed by atoms with E-state index in [0.717, 1.165) is 16.9 Å². The largest absolute Gasteiger partial charge is 0.398 e. The summed E-state index contributed by atoms with van der Waals surface area (Å²) in [6, 6.07) is 12.7. The molecule has 0 spiro atoms. The van der Waals surface area contributed by atoms with Crippen molar-refractivity contribution < 1.29 is 0 Å². The van der Waals surface area contributed by atoms with Crippen LogP contribution >= 0.6 is 0 Å². The molecule has 0 atom stereocenters. The molecule has 2 aromatic rings. The molecule has 0 heterocycles. The number of hydrogen-bond donors (Lipinski definition) is 1. The van der Waals surface area contributed by atoms with Crippen molar-refractivity contribution in [2.75, 3.05) is 17.7 Å². The topological polar surface area (TPSA) is 29.3 Å². The van der Waals surface area contributed by atoms with Crippen LogP contribution in [0.15, 0.2) is 36.4 Å². The number of benzene rings is 2. The maximum Gasteiger partial charge on any atom is 0.0437 e. The van der Waals surface area contributed by atoms with Crippen LogP contribution in [0.3, 0.4) is 0 Å². The Balaban J connectivity index is 2.41. The van der Waals surface area contributed by atoms with Crippen LogP contribution in [0.1, 0.15) is 16.7 Å². The van der Waals surface area contributed by atoms with E-state index in [-0.39, 0.29) is 0 Å². The fourth-order valence-electron chi connectivity index (χ4n) is 2.16. The fraction of sp³-hybridized carbons (Fsp3) is 0.250. The van der Waals surface area contributed by atoms with Gasteiger partial charge < -0.3 is 10.6 Å². The molecule has 0 unspecified atom stereocenters. The van der Waals surface area contributed by atoms with Crippen molar-refractivity contribution in [3.05, 3.63) is 53.1 Å². The summed E-state index contributed by atoms with van der Waals surface area (Å²) in [5, 5.41) is 0. The van der Waals surface area contributed by atoms with Crippen molar-refractivity contribution in [1.82, 2.24) is 0 Å². The second-order valence-corrected chi connectivity index (χ2v) is 4.89. The number of aryl methyl sites for hydroxylation is 3. The van der Waals surface area contributed by atoms with Gasteiger partial charge in [-0.3, -0.25) is 0 Å². The normalized spacial score (nSPS) is 10.4. The predicted octanol–water partition coefficient (Wildman–Crippen LogP) is 3.96. The highest BCUT2D eigenvalue weighted by molar-refractivity contribution is 5.69. The monoisotopic (exact) mass is 240 g/mol. The van der Waals surface area contributed by atoms with E-state index in [2.05, 4.69) is 56.1 Å². The van der Waals surface area contributed by atoms with Gasteiger partial charge in [-0.2, -0.15) is 0 Å². The quantitative estimate of drug-likeness (QED) is 0.805. The van der Waals surface area contributed by atoms with Crippen LogP contribution in [0, 0.1) is 20.8 Å². The minimum absolute atomic E-state index is 0.837. The van der Waals surface area contributed by atoms with Gasteiger partial charge in [0.1, 0.15) is 0 Å². The summed E-state index contributed by atoms with van der Waals surface area (Å²) in [7, 11) is 2.07. The summed E-state index contributed by atoms with van der Waals surface area (Å²) >= 11 is 0. The standard InChI is InChI=1S/C16H20N2/c1-11-5-8-16(13(3)9-11)18(4)14-7-6-12(2)15(17)10-14/h5-10H,17H2,1-4H3. The van der Waals surface area contributed by atoms with Crippen molar-refractivity contribution in [2.45, 2.75) is 20.8 Å². The summed E-state index contributed by atoms with van der Waals surface area (Å²) in [6.07, 6.45) is 0. The Kier molecular flexibility index (Phi) is 3.28. The molecule has 0 saturated heterocycles. The van der Waals surface area contributed by atoms with Crippen LogP contribution in [0.5, 0.6) is 0 Å². The van der Waals surface area contributed by atoms with Crippen molar-refractivity contribution in [3.63, 3.8) is 0 Å². The van der Waals surface area contributed by atoms with Gasteiger partial charge >= 0.3 is 0 Å². The maximum absolute atomic E-state index is 5.97. The van der Waals surface area contributed by atoms with Gasteiger partial charge in [0.2, 0.25) is 0 Å². The lowest BCUT2D eigenvalue weighted by Gasteiger charge is -2.22. The molecule has 0 radical (unpaired) electrons. The Hall–Kier alpha value is -1.96. The highest BCUT2D eigenvalue weighted by Gasteiger charge is 2.07. The van der Waals surface area contributed by atoms with Crippen molar-refractivity contribution in [3.8, 4) is 0 Å². The fourth-order valence-corrected chi connectivity index (χ4v) is 2.16. The number of nitrogen functional groups attached to an aromatic ring is 1. The molecule has 0 aliphatic rings. The molecule has 0 aliphatic heterocycles. The number of hydrogen-bond acceptors (Lipinski definition) is 2. The zero-order valence-corrected chi connectivity index (χ0v) is 11.5. The van der Waals surface area contributed by atoms with Gasteiger partial charge in [-0.15, -0.1) is 0 Å². The van der Waals surface area contributed by atoms with Crippen LogP contribution in [0.4, 0.5) is 17.1 Å². The molecule has 0 saturated carbocycles. The molecule has 94 valence electrons. The molecule has 2 rings (SSSR count). The molecule has 0 aromatic heterocycles. The zero-order chi connectivity index (χ0) is 13.3. The lowest BCUT2D eigenvalue weighted by atomic mass is 10.1. The van der Waals surface area contributed by atoms with Crippen molar-refractivity contribution in [2.24, 2.45) is 0 Å². The first-order valence-corrected chi connectivity index (χ1v) is 6.16. The summed E-state index contributed by atoms with van der Waals surface area (Å²) in [4.78, 5) is 2.17. The van der Waals surface area contributed by atoms with Crippen LogP contribution in [0.2, 0.25) is 0 Å². The second kappa shape index (κ2) is 4.73. The summed E-state index contributed by atoms with van der Waals surface area (Å²) < 4.78 is 0. The first-order chi connectivity index (χ1) is 8.49. The Morgan fingerprint density at radius 2 is 1.61 bits per heavy atom. The van der Waals surface area contributed by atoms with E-state index >= 15 is 0 Å². The Morgan fingerprint density at radius 3 is 2.22 bits per heavy atom. The van der Waals surface area contributed by atoms with Crippen molar-refractivity contribution in [1.29, 1.82) is 0 Å². The Bertz CT molecular complexity index is 573. The van der Waals surface area contributed by atoms with E-state index in [1.165, 1.54) is 16.8 Å². The number of nitrogens with zero attached hydrogens (tertiary/aromatic N) is 1. The van der Waals surface area contributed by atoms with Gasteiger partial charge in [0.05, 0.1) is 0 Å². The van der Waals surface area contributed by atoms with E-state index < -0.39 is 0 Å². The molecule has 0 fully saturated rings. The van der Waals surface area contributed by atoms with Gasteiger partial charge in [0.25, 0.3) is 0 Å². The van der Waals surface area contributed by atoms with Crippen LogP contribution in [-0.2, 0) is 0 Å². The van der Waals surface area contributed by atoms with E-state index in [0.29, 0.717) is 0 Å². The summed E-state index contributed by atoms with van der Waals surface area (Å²) in [6.45, 7) is 6.27. The van der Waals surface area contributed by atoms with Crippen molar-refractivity contribution >= 4 is 17.1 Å². The highest BCUT2D eigenvalue weighted by Crippen LogP contribution is 2.29. The smallest absolute Gasteiger partial charge is 0.0437 e. The summed E-state index contributed by atoms with van der Waals surface area (Å²) in [5.41, 5.74) is 12.8. The third-order valence-corrected chi connectivity index (χ3v) is 3.36. The Morgan fingerprint density at radius 1 is 0.889 bits per heavy atom. The predicted molar refractivity (Wildman–Crippen MR) is 79.6 cm³/mol. The van der Waals surface area contributed by atoms with Gasteiger partial charge in [0, 0.05) is 24.1 Å². The molecular formula is C16H20N2.